The number of hydrogen-bond donors (Lipinski definition) is 1. The maximum absolute atomic E-state index is 4.96. The highest BCUT2D eigenvalue weighted by atomic mass is 16.5. The largest absolute Gasteiger partial charge is 0.385 e. The summed E-state index contributed by atoms with van der Waals surface area (Å²) in [6.07, 6.45) is 3.13. The van der Waals surface area contributed by atoms with Gasteiger partial charge in [0.15, 0.2) is 0 Å². The molecule has 3 nitrogen and oxygen atoms in total. The molecule has 1 N–H and O–H groups in total. The van der Waals surface area contributed by atoms with Crippen molar-refractivity contribution in [2.45, 2.75) is 13.0 Å². The summed E-state index contributed by atoms with van der Waals surface area (Å²) in [6, 6.07) is 4.19. The molecule has 0 fully saturated rings. The van der Waals surface area contributed by atoms with Gasteiger partial charge < -0.3 is 14.6 Å². The van der Waals surface area contributed by atoms with Crippen molar-refractivity contribution in [2.75, 3.05) is 20.3 Å². The average molecular weight is 182 g/mol. The number of methoxy groups -OCH3 is 1. The smallest absolute Gasteiger partial charge is 0.0474 e. The van der Waals surface area contributed by atoms with E-state index in [-0.39, 0.29) is 0 Å². The molecule has 13 heavy (non-hydrogen) atoms. The third-order valence-corrected chi connectivity index (χ3v) is 2.06. The second-order valence-corrected chi connectivity index (χ2v) is 3.13. The molecule has 0 aliphatic heterocycles. The van der Waals surface area contributed by atoms with Crippen LogP contribution in [0.5, 0.6) is 0 Å². The van der Waals surface area contributed by atoms with E-state index in [1.807, 2.05) is 0 Å². The van der Waals surface area contributed by atoms with E-state index in [9.17, 15) is 0 Å². The molecule has 1 aromatic rings. The molecule has 0 unspecified atom stereocenters. The van der Waals surface area contributed by atoms with Crippen molar-refractivity contribution in [2.24, 2.45) is 7.05 Å². The number of hydrogen-bond acceptors (Lipinski definition) is 2. The van der Waals surface area contributed by atoms with Crippen LogP contribution in [0, 0.1) is 0 Å². The fourth-order valence-electron chi connectivity index (χ4n) is 1.24. The van der Waals surface area contributed by atoms with Crippen molar-refractivity contribution in [3.63, 3.8) is 0 Å². The van der Waals surface area contributed by atoms with Crippen LogP contribution in [-0.2, 0) is 18.3 Å². The highest BCUT2D eigenvalue weighted by Gasteiger charge is 1.94. The fraction of sp³-hybridized carbons (Fsp3) is 0.600. The van der Waals surface area contributed by atoms with Crippen molar-refractivity contribution < 1.29 is 4.74 Å². The standard InChI is InChI=1S/C10H18N2O/c1-12-7-3-5-10(12)9-11-6-4-8-13-2/h3,5,7,11H,4,6,8-9H2,1-2H3. The summed E-state index contributed by atoms with van der Waals surface area (Å²) in [5.41, 5.74) is 1.32. The molecule has 3 heteroatoms. The van der Waals surface area contributed by atoms with Crippen LogP contribution >= 0.6 is 0 Å². The van der Waals surface area contributed by atoms with Gasteiger partial charge in [-0.05, 0) is 25.1 Å². The number of aromatic nitrogens is 1. The molecule has 0 bridgehead atoms. The molecule has 0 aliphatic rings. The quantitative estimate of drug-likeness (QED) is 0.668. The van der Waals surface area contributed by atoms with E-state index in [2.05, 4.69) is 35.3 Å². The summed E-state index contributed by atoms with van der Waals surface area (Å²) < 4.78 is 7.09. The highest BCUT2D eigenvalue weighted by Crippen LogP contribution is 1.97. The normalized spacial score (nSPS) is 10.6. The summed E-state index contributed by atoms with van der Waals surface area (Å²) >= 11 is 0. The minimum Gasteiger partial charge on any atom is -0.385 e. The first-order chi connectivity index (χ1) is 6.34. The zero-order valence-corrected chi connectivity index (χ0v) is 8.42. The molecule has 74 valence electrons. The van der Waals surface area contributed by atoms with Crippen LogP contribution in [0.4, 0.5) is 0 Å². The van der Waals surface area contributed by atoms with Gasteiger partial charge in [-0.2, -0.15) is 0 Å². The monoisotopic (exact) mass is 182 g/mol. The van der Waals surface area contributed by atoms with Crippen molar-refractivity contribution in [3.8, 4) is 0 Å². The SMILES string of the molecule is COCCCNCc1cccn1C. The van der Waals surface area contributed by atoms with Crippen molar-refractivity contribution in [1.29, 1.82) is 0 Å². The maximum Gasteiger partial charge on any atom is 0.0474 e. The molecule has 0 aromatic carbocycles. The lowest BCUT2D eigenvalue weighted by atomic mass is 10.4. The van der Waals surface area contributed by atoms with Crippen LogP contribution in [0.3, 0.4) is 0 Å². The van der Waals surface area contributed by atoms with Crippen molar-refractivity contribution >= 4 is 0 Å². The molecule has 0 radical (unpaired) electrons. The average Bonchev–Trinajstić information content (AvgIpc) is 2.52. The van der Waals surface area contributed by atoms with Gasteiger partial charge in [-0.25, -0.2) is 0 Å². The van der Waals surface area contributed by atoms with Gasteiger partial charge in [0.05, 0.1) is 0 Å². The lowest BCUT2D eigenvalue weighted by molar-refractivity contribution is 0.194. The summed E-state index contributed by atoms with van der Waals surface area (Å²) in [5, 5.41) is 3.36. The van der Waals surface area contributed by atoms with Gasteiger partial charge in [-0.1, -0.05) is 0 Å². The van der Waals surface area contributed by atoms with E-state index < -0.39 is 0 Å². The number of ether oxygens (including phenoxy) is 1. The Morgan fingerprint density at radius 1 is 1.54 bits per heavy atom. The number of nitrogens with zero attached hydrogens (tertiary/aromatic N) is 1. The summed E-state index contributed by atoms with van der Waals surface area (Å²) in [4.78, 5) is 0. The Bertz CT molecular complexity index is 233. The van der Waals surface area contributed by atoms with E-state index in [4.69, 9.17) is 4.74 Å². The molecule has 1 heterocycles. The zero-order valence-electron chi connectivity index (χ0n) is 8.42. The van der Waals surface area contributed by atoms with Gasteiger partial charge >= 0.3 is 0 Å². The second kappa shape index (κ2) is 5.78. The third-order valence-electron chi connectivity index (χ3n) is 2.06. The Hall–Kier alpha value is -0.800. The van der Waals surface area contributed by atoms with E-state index >= 15 is 0 Å². The summed E-state index contributed by atoms with van der Waals surface area (Å²) in [7, 11) is 3.80. The molecule has 0 aliphatic carbocycles. The van der Waals surface area contributed by atoms with Crippen molar-refractivity contribution in [1.82, 2.24) is 9.88 Å². The van der Waals surface area contributed by atoms with Gasteiger partial charge in [-0.15, -0.1) is 0 Å². The summed E-state index contributed by atoms with van der Waals surface area (Å²) in [6.45, 7) is 2.78. The molecular weight excluding hydrogens is 164 g/mol. The molecule has 0 amide bonds. The molecule has 0 saturated heterocycles. The zero-order chi connectivity index (χ0) is 9.52. The molecule has 1 rings (SSSR count). The maximum atomic E-state index is 4.96. The van der Waals surface area contributed by atoms with E-state index in [0.717, 1.165) is 26.1 Å². The van der Waals surface area contributed by atoms with Gasteiger partial charge in [0.2, 0.25) is 0 Å². The van der Waals surface area contributed by atoms with Crippen LogP contribution in [0.1, 0.15) is 12.1 Å². The van der Waals surface area contributed by atoms with Crippen molar-refractivity contribution in [3.05, 3.63) is 24.0 Å². The van der Waals surface area contributed by atoms with Gasteiger partial charge in [-0.3, -0.25) is 0 Å². The predicted octanol–water partition coefficient (Wildman–Crippen LogP) is 1.15. The first-order valence-electron chi connectivity index (χ1n) is 4.64. The Labute approximate surface area is 79.7 Å². The fourth-order valence-corrected chi connectivity index (χ4v) is 1.24. The number of nitrogens with one attached hydrogen (secondary N) is 1. The van der Waals surface area contributed by atoms with Crippen LogP contribution < -0.4 is 5.32 Å². The lowest BCUT2D eigenvalue weighted by Crippen LogP contribution is -2.17. The summed E-state index contributed by atoms with van der Waals surface area (Å²) in [5.74, 6) is 0. The van der Waals surface area contributed by atoms with Crippen LogP contribution in [-0.4, -0.2) is 24.8 Å². The van der Waals surface area contributed by atoms with Gasteiger partial charge in [0.1, 0.15) is 0 Å². The molecular formula is C10H18N2O. The molecule has 0 saturated carbocycles. The third kappa shape index (κ3) is 3.61. The van der Waals surface area contributed by atoms with E-state index in [1.165, 1.54) is 5.69 Å². The first kappa shape index (κ1) is 10.3. The molecule has 0 atom stereocenters. The highest BCUT2D eigenvalue weighted by molar-refractivity contribution is 5.05. The Morgan fingerprint density at radius 2 is 2.38 bits per heavy atom. The van der Waals surface area contributed by atoms with Crippen LogP contribution in [0.15, 0.2) is 18.3 Å². The molecule has 0 spiro atoms. The minimum atomic E-state index is 0.833. The predicted molar refractivity (Wildman–Crippen MR) is 53.6 cm³/mol. The second-order valence-electron chi connectivity index (χ2n) is 3.13. The molecule has 1 aromatic heterocycles. The first-order valence-corrected chi connectivity index (χ1v) is 4.64. The van der Waals surface area contributed by atoms with Gasteiger partial charge in [0.25, 0.3) is 0 Å². The van der Waals surface area contributed by atoms with E-state index in [1.54, 1.807) is 7.11 Å². The number of aryl methyl sites for hydroxylation is 1. The Balaban J connectivity index is 2.10. The Kier molecular flexibility index (Phi) is 4.57. The minimum absolute atomic E-state index is 0.833. The Morgan fingerprint density at radius 3 is 3.00 bits per heavy atom. The topological polar surface area (TPSA) is 26.2 Å². The van der Waals surface area contributed by atoms with Gasteiger partial charge in [0, 0.05) is 39.2 Å². The number of rotatable bonds is 6. The van der Waals surface area contributed by atoms with Crippen LogP contribution in [0.2, 0.25) is 0 Å². The van der Waals surface area contributed by atoms with Crippen LogP contribution in [0.25, 0.3) is 0 Å². The van der Waals surface area contributed by atoms with E-state index in [0.29, 0.717) is 0 Å². The lowest BCUT2D eigenvalue weighted by Gasteiger charge is -2.05.